The average molecular weight is 899 g/mol. The summed E-state index contributed by atoms with van der Waals surface area (Å²) in [5, 5.41) is 30.9. The molecule has 4 N–H and O–H groups in total. The molecule has 0 saturated carbocycles. The minimum atomic E-state index is -4.61. The van der Waals surface area contributed by atoms with E-state index in [2.05, 4.69) is 62.5 Å². The van der Waals surface area contributed by atoms with Crippen LogP contribution >= 0.6 is 0 Å². The molecule has 12 nitrogen and oxygen atoms in total. The summed E-state index contributed by atoms with van der Waals surface area (Å²) in [4.78, 5) is 25.5. The molecule has 0 aromatic carbocycles. The molecule has 1 aliphatic rings. The summed E-state index contributed by atoms with van der Waals surface area (Å²) in [5.41, 5.74) is 0. The number of carbonyl (C=O) groups is 2. The van der Waals surface area contributed by atoms with Crippen molar-refractivity contribution in [2.45, 2.75) is 230 Å². The van der Waals surface area contributed by atoms with E-state index in [0.29, 0.717) is 12.8 Å². The van der Waals surface area contributed by atoms with Crippen molar-refractivity contribution in [1.82, 2.24) is 0 Å². The minimum Gasteiger partial charge on any atom is -0.462 e. The Labute approximate surface area is 375 Å². The van der Waals surface area contributed by atoms with E-state index in [4.69, 9.17) is 18.9 Å². The summed E-state index contributed by atoms with van der Waals surface area (Å²) in [6.07, 6.45) is 37.2. The topological polar surface area (TPSA) is 186 Å². The molecule has 0 aliphatic carbocycles. The quantitative estimate of drug-likeness (QED) is 0.0150. The molecular formula is C49H86O12S. The molecule has 6 atom stereocenters. The van der Waals surface area contributed by atoms with Crippen LogP contribution in [0.2, 0.25) is 0 Å². The molecule has 13 heteroatoms. The standard InChI is InChI=1S/C49H86O12S/c1-3-5-7-9-11-13-15-17-19-20-21-22-24-25-27-29-31-33-35-37-44(50)58-39-42(40-59-49-48(54)47(53)46(52)43(61-49)41-62(55,56)57)60-45(51)38-36-34-32-30-28-26-23-18-16-14-12-10-8-6-4-2/h11,13-14,16-19,23,42-43,46-49,52-54H,3-10,12,15,20-22,24-41H2,1-2H3,(H,55,56,57)/b13-11+,16-14+,19-17+,23-18+/t42-,43-,46-,47?,48?,49+/m1/s1. The zero-order valence-electron chi connectivity index (χ0n) is 38.5. The lowest BCUT2D eigenvalue weighted by Crippen LogP contribution is -2.60. The smallest absolute Gasteiger partial charge is 0.306 e. The first-order valence-electron chi connectivity index (χ1n) is 24.2. The third-order valence-electron chi connectivity index (χ3n) is 10.9. The average Bonchev–Trinajstić information content (AvgIpc) is 3.24. The Balaban J connectivity index is 2.42. The van der Waals surface area contributed by atoms with Gasteiger partial charge in [-0.05, 0) is 70.6 Å². The molecule has 0 spiro atoms. The molecular weight excluding hydrogens is 813 g/mol. The van der Waals surface area contributed by atoms with Crippen molar-refractivity contribution in [2.75, 3.05) is 19.0 Å². The largest absolute Gasteiger partial charge is 0.462 e. The third-order valence-corrected chi connectivity index (χ3v) is 11.7. The molecule has 0 aromatic rings. The van der Waals surface area contributed by atoms with Gasteiger partial charge in [0.15, 0.2) is 12.4 Å². The van der Waals surface area contributed by atoms with Crippen molar-refractivity contribution in [1.29, 1.82) is 0 Å². The molecule has 1 saturated heterocycles. The van der Waals surface area contributed by atoms with Gasteiger partial charge in [-0.2, -0.15) is 8.42 Å². The first-order valence-corrected chi connectivity index (χ1v) is 25.8. The van der Waals surface area contributed by atoms with Crippen LogP contribution in [0.1, 0.15) is 194 Å². The molecule has 1 aliphatic heterocycles. The normalized spacial score (nSPS) is 20.3. The summed E-state index contributed by atoms with van der Waals surface area (Å²) in [6.45, 7) is 3.71. The number of ether oxygens (including phenoxy) is 4. The van der Waals surface area contributed by atoms with Crippen LogP contribution in [0.4, 0.5) is 0 Å². The lowest BCUT2D eigenvalue weighted by atomic mass is 10.00. The van der Waals surface area contributed by atoms with Gasteiger partial charge in [0.1, 0.15) is 36.8 Å². The van der Waals surface area contributed by atoms with Crippen LogP contribution in [0.15, 0.2) is 48.6 Å². The van der Waals surface area contributed by atoms with Crippen molar-refractivity contribution in [3.8, 4) is 0 Å². The Kier molecular flexibility index (Phi) is 36.3. The highest BCUT2D eigenvalue weighted by atomic mass is 32.2. The van der Waals surface area contributed by atoms with Crippen LogP contribution in [0.5, 0.6) is 0 Å². The molecule has 1 fully saturated rings. The van der Waals surface area contributed by atoms with Crippen molar-refractivity contribution in [3.05, 3.63) is 48.6 Å². The SMILES string of the molecule is CCCCC/C=C/C/C=C/CCCCCCCCCCCC(=O)OC[C@H](CO[C@H]1O[C@H](CS(=O)(=O)O)[C@@H](O)C(O)C1O)OC(=O)CCCCCCC/C=C/C=C/CCCCCC. The summed E-state index contributed by atoms with van der Waals surface area (Å²) in [7, 11) is -4.61. The number of hydrogen-bond acceptors (Lipinski definition) is 11. The summed E-state index contributed by atoms with van der Waals surface area (Å²) >= 11 is 0. The summed E-state index contributed by atoms with van der Waals surface area (Å²) in [5.74, 6) is -2.01. The maximum Gasteiger partial charge on any atom is 0.306 e. The Morgan fingerprint density at radius 2 is 1.02 bits per heavy atom. The number of esters is 2. The third kappa shape index (κ3) is 33.2. The number of carbonyl (C=O) groups excluding carboxylic acids is 2. The van der Waals surface area contributed by atoms with E-state index in [9.17, 15) is 37.9 Å². The van der Waals surface area contributed by atoms with Gasteiger partial charge in [-0.3, -0.25) is 14.1 Å². The van der Waals surface area contributed by atoms with Gasteiger partial charge in [0.25, 0.3) is 10.1 Å². The van der Waals surface area contributed by atoms with E-state index in [1.165, 1.54) is 83.5 Å². The number of allylic oxidation sites excluding steroid dienone is 8. The van der Waals surface area contributed by atoms with Crippen molar-refractivity contribution in [3.63, 3.8) is 0 Å². The highest BCUT2D eigenvalue weighted by Crippen LogP contribution is 2.24. The Hall–Kier alpha value is -2.39. The molecule has 1 heterocycles. The van der Waals surface area contributed by atoms with Gasteiger partial charge in [0, 0.05) is 12.8 Å². The Morgan fingerprint density at radius 3 is 1.55 bits per heavy atom. The molecule has 62 heavy (non-hydrogen) atoms. The second-order valence-electron chi connectivity index (χ2n) is 16.8. The van der Waals surface area contributed by atoms with Crippen LogP contribution in [0.25, 0.3) is 0 Å². The van der Waals surface area contributed by atoms with E-state index in [1.807, 2.05) is 0 Å². The number of aliphatic hydroxyl groups excluding tert-OH is 3. The second-order valence-corrected chi connectivity index (χ2v) is 18.3. The fourth-order valence-corrected chi connectivity index (χ4v) is 7.80. The maximum atomic E-state index is 12.8. The molecule has 2 unspecified atom stereocenters. The fraction of sp³-hybridized carbons (Fsp3) is 0.796. The highest BCUT2D eigenvalue weighted by molar-refractivity contribution is 7.85. The minimum absolute atomic E-state index is 0.145. The van der Waals surface area contributed by atoms with E-state index in [0.717, 1.165) is 70.6 Å². The summed E-state index contributed by atoms with van der Waals surface area (Å²) in [6, 6.07) is 0. The number of hydrogen-bond donors (Lipinski definition) is 4. The maximum absolute atomic E-state index is 12.8. The molecule has 0 radical (unpaired) electrons. The van der Waals surface area contributed by atoms with E-state index >= 15 is 0 Å². The predicted molar refractivity (Wildman–Crippen MR) is 247 cm³/mol. The second kappa shape index (κ2) is 39.0. The summed E-state index contributed by atoms with van der Waals surface area (Å²) < 4.78 is 54.1. The molecule has 0 bridgehead atoms. The van der Waals surface area contributed by atoms with Crippen LogP contribution in [0, 0.1) is 0 Å². The van der Waals surface area contributed by atoms with Crippen molar-refractivity contribution in [2.24, 2.45) is 0 Å². The predicted octanol–water partition coefficient (Wildman–Crippen LogP) is 10.3. The Morgan fingerprint density at radius 1 is 0.565 bits per heavy atom. The van der Waals surface area contributed by atoms with Gasteiger partial charge in [-0.1, -0.05) is 159 Å². The monoisotopic (exact) mass is 899 g/mol. The van der Waals surface area contributed by atoms with Crippen LogP contribution in [-0.4, -0.2) is 96.0 Å². The van der Waals surface area contributed by atoms with Gasteiger partial charge < -0.3 is 34.3 Å². The first kappa shape index (κ1) is 57.6. The lowest BCUT2D eigenvalue weighted by molar-refractivity contribution is -0.297. The van der Waals surface area contributed by atoms with E-state index < -0.39 is 71.2 Å². The zero-order chi connectivity index (χ0) is 45.5. The number of unbranched alkanes of at least 4 members (excludes halogenated alkanes) is 21. The van der Waals surface area contributed by atoms with Gasteiger partial charge in [0.05, 0.1) is 6.61 Å². The zero-order valence-corrected chi connectivity index (χ0v) is 39.3. The van der Waals surface area contributed by atoms with Gasteiger partial charge in [-0.15, -0.1) is 0 Å². The molecule has 0 amide bonds. The number of aliphatic hydroxyl groups is 3. The lowest BCUT2D eigenvalue weighted by Gasteiger charge is -2.40. The van der Waals surface area contributed by atoms with Crippen LogP contribution < -0.4 is 0 Å². The van der Waals surface area contributed by atoms with Gasteiger partial charge in [0.2, 0.25) is 0 Å². The fourth-order valence-electron chi connectivity index (χ4n) is 7.11. The van der Waals surface area contributed by atoms with Gasteiger partial charge in [-0.25, -0.2) is 0 Å². The Bertz CT molecular complexity index is 1330. The molecule has 0 aromatic heterocycles. The molecule has 360 valence electrons. The highest BCUT2D eigenvalue weighted by Gasteiger charge is 2.46. The van der Waals surface area contributed by atoms with Crippen molar-refractivity contribution >= 4 is 22.1 Å². The van der Waals surface area contributed by atoms with E-state index in [1.54, 1.807) is 0 Å². The molecule has 1 rings (SSSR count). The number of rotatable bonds is 40. The van der Waals surface area contributed by atoms with Crippen molar-refractivity contribution < 1.29 is 56.8 Å². The van der Waals surface area contributed by atoms with Gasteiger partial charge >= 0.3 is 11.9 Å². The van der Waals surface area contributed by atoms with E-state index in [-0.39, 0.29) is 19.4 Å². The van der Waals surface area contributed by atoms with Crippen LogP contribution in [0.3, 0.4) is 0 Å². The van der Waals surface area contributed by atoms with Crippen LogP contribution in [-0.2, 0) is 38.7 Å². The first-order chi connectivity index (χ1) is 30.0.